The molecular weight excluding hydrogens is 260 g/mol. The summed E-state index contributed by atoms with van der Waals surface area (Å²) in [7, 11) is 1.74. The number of nitrogens with one attached hydrogen (secondary N) is 1. The third kappa shape index (κ3) is 5.31. The third-order valence-corrected chi connectivity index (χ3v) is 4.26. The summed E-state index contributed by atoms with van der Waals surface area (Å²) in [4.78, 5) is 4.65. The Morgan fingerprint density at radius 3 is 2.57 bits per heavy atom. The van der Waals surface area contributed by atoms with Gasteiger partial charge in [0.1, 0.15) is 5.75 Å². The Morgan fingerprint density at radius 2 is 2.00 bits per heavy atom. The summed E-state index contributed by atoms with van der Waals surface area (Å²) in [6, 6.07) is 0.499. The highest BCUT2D eigenvalue weighted by Gasteiger charge is 2.16. The van der Waals surface area contributed by atoms with Crippen molar-refractivity contribution in [3.05, 3.63) is 23.0 Å². The van der Waals surface area contributed by atoms with Gasteiger partial charge in [0.15, 0.2) is 0 Å². The van der Waals surface area contributed by atoms with E-state index < -0.39 is 0 Å². The molecule has 3 nitrogen and oxygen atoms in total. The summed E-state index contributed by atoms with van der Waals surface area (Å²) in [5.41, 5.74) is 3.46. The second-order valence-corrected chi connectivity index (χ2v) is 6.15. The lowest BCUT2D eigenvalue weighted by Gasteiger charge is -2.23. The minimum atomic E-state index is 0.499. The Balaban J connectivity index is 2.86. The predicted octanol–water partition coefficient (Wildman–Crippen LogP) is 4.05. The number of hydrogen-bond donors (Lipinski definition) is 1. The van der Waals surface area contributed by atoms with Crippen LogP contribution in [0.3, 0.4) is 0 Å². The molecule has 2 unspecified atom stereocenters. The standard InChI is InChI=1S/C18H32N2O/c1-7-9-19-16(10-13(3)8-2)11-17-15(5)18(21-6)14(4)12-20-17/h12-13,16,19H,7-11H2,1-6H3. The monoisotopic (exact) mass is 292 g/mol. The highest BCUT2D eigenvalue weighted by atomic mass is 16.5. The van der Waals surface area contributed by atoms with E-state index in [0.717, 1.165) is 35.9 Å². The average Bonchev–Trinajstić information content (AvgIpc) is 2.47. The van der Waals surface area contributed by atoms with E-state index in [2.05, 4.69) is 44.9 Å². The number of aryl methyl sites for hydroxylation is 1. The predicted molar refractivity (Wildman–Crippen MR) is 90.1 cm³/mol. The quantitative estimate of drug-likeness (QED) is 0.745. The van der Waals surface area contributed by atoms with Gasteiger partial charge in [0, 0.05) is 35.5 Å². The van der Waals surface area contributed by atoms with Crippen LogP contribution in [0.2, 0.25) is 0 Å². The van der Waals surface area contributed by atoms with Gasteiger partial charge in [0.2, 0.25) is 0 Å². The molecule has 1 aromatic heterocycles. The van der Waals surface area contributed by atoms with E-state index in [4.69, 9.17) is 4.74 Å². The number of rotatable bonds is 9. The Kier molecular flexibility index (Phi) is 7.73. The number of hydrogen-bond acceptors (Lipinski definition) is 3. The lowest BCUT2D eigenvalue weighted by atomic mass is 9.94. The van der Waals surface area contributed by atoms with E-state index in [0.29, 0.717) is 6.04 Å². The molecule has 1 aromatic rings. The van der Waals surface area contributed by atoms with Gasteiger partial charge in [-0.15, -0.1) is 0 Å². The van der Waals surface area contributed by atoms with Crippen LogP contribution in [0.15, 0.2) is 6.20 Å². The maximum absolute atomic E-state index is 5.52. The Hall–Kier alpha value is -1.09. The van der Waals surface area contributed by atoms with Gasteiger partial charge in [-0.05, 0) is 39.2 Å². The molecule has 0 bridgehead atoms. The number of methoxy groups -OCH3 is 1. The Labute approximate surface area is 130 Å². The molecule has 0 fully saturated rings. The lowest BCUT2D eigenvalue weighted by Crippen LogP contribution is -2.34. The van der Waals surface area contributed by atoms with Crippen molar-refractivity contribution in [3.63, 3.8) is 0 Å². The van der Waals surface area contributed by atoms with Crippen LogP contribution in [0, 0.1) is 19.8 Å². The van der Waals surface area contributed by atoms with Gasteiger partial charge >= 0.3 is 0 Å². The molecule has 0 spiro atoms. The summed E-state index contributed by atoms with van der Waals surface area (Å²) in [6.45, 7) is 12.0. The SMILES string of the molecule is CCCNC(Cc1ncc(C)c(OC)c1C)CC(C)CC. The molecule has 0 saturated heterocycles. The third-order valence-electron chi connectivity index (χ3n) is 4.26. The molecule has 21 heavy (non-hydrogen) atoms. The van der Waals surface area contributed by atoms with Crippen LogP contribution < -0.4 is 10.1 Å². The van der Waals surface area contributed by atoms with Crippen LogP contribution >= 0.6 is 0 Å². The molecule has 3 heteroatoms. The molecule has 0 amide bonds. The van der Waals surface area contributed by atoms with E-state index in [9.17, 15) is 0 Å². The largest absolute Gasteiger partial charge is 0.496 e. The van der Waals surface area contributed by atoms with Crippen LogP contribution in [0.25, 0.3) is 0 Å². The molecule has 1 N–H and O–H groups in total. The molecule has 1 heterocycles. The molecule has 0 aliphatic rings. The summed E-state index contributed by atoms with van der Waals surface area (Å²) in [6.07, 6.45) is 6.51. The first-order valence-corrected chi connectivity index (χ1v) is 8.25. The smallest absolute Gasteiger partial charge is 0.128 e. The normalized spacial score (nSPS) is 14.0. The molecular formula is C18H32N2O. The van der Waals surface area contributed by atoms with Gasteiger partial charge in [-0.25, -0.2) is 0 Å². The molecule has 0 aromatic carbocycles. The van der Waals surface area contributed by atoms with E-state index in [-0.39, 0.29) is 0 Å². The van der Waals surface area contributed by atoms with Crippen LogP contribution in [-0.2, 0) is 6.42 Å². The zero-order valence-corrected chi connectivity index (χ0v) is 14.6. The van der Waals surface area contributed by atoms with Crippen molar-refractivity contribution in [1.29, 1.82) is 0 Å². The highest BCUT2D eigenvalue weighted by Crippen LogP contribution is 2.25. The van der Waals surface area contributed by atoms with Gasteiger partial charge in [0.25, 0.3) is 0 Å². The maximum Gasteiger partial charge on any atom is 0.128 e. The summed E-state index contributed by atoms with van der Waals surface area (Å²) < 4.78 is 5.52. The minimum absolute atomic E-state index is 0.499. The van der Waals surface area contributed by atoms with Crippen LogP contribution in [0.1, 0.15) is 56.9 Å². The fourth-order valence-corrected chi connectivity index (χ4v) is 2.75. The molecule has 0 radical (unpaired) electrons. The second-order valence-electron chi connectivity index (χ2n) is 6.15. The number of pyridine rings is 1. The number of nitrogens with zero attached hydrogens (tertiary/aromatic N) is 1. The van der Waals surface area contributed by atoms with Crippen molar-refractivity contribution < 1.29 is 4.74 Å². The van der Waals surface area contributed by atoms with Crippen molar-refractivity contribution in [3.8, 4) is 5.75 Å². The maximum atomic E-state index is 5.52. The second kappa shape index (κ2) is 9.04. The first-order chi connectivity index (χ1) is 10.0. The molecule has 1 rings (SSSR count). The van der Waals surface area contributed by atoms with Gasteiger partial charge in [0.05, 0.1) is 7.11 Å². The first kappa shape index (κ1) is 18.0. The summed E-state index contributed by atoms with van der Waals surface area (Å²) >= 11 is 0. The molecule has 0 aliphatic carbocycles. The van der Waals surface area contributed by atoms with Gasteiger partial charge in [-0.3, -0.25) is 4.98 Å². The molecule has 2 atom stereocenters. The molecule has 120 valence electrons. The molecule has 0 aliphatic heterocycles. The first-order valence-electron chi connectivity index (χ1n) is 8.25. The van der Waals surface area contributed by atoms with Crippen LogP contribution in [0.5, 0.6) is 5.75 Å². The van der Waals surface area contributed by atoms with Gasteiger partial charge < -0.3 is 10.1 Å². The van der Waals surface area contributed by atoms with Crippen molar-refractivity contribution >= 4 is 0 Å². The summed E-state index contributed by atoms with van der Waals surface area (Å²) in [5, 5.41) is 3.68. The lowest BCUT2D eigenvalue weighted by molar-refractivity contribution is 0.385. The zero-order chi connectivity index (χ0) is 15.8. The fourth-order valence-electron chi connectivity index (χ4n) is 2.75. The minimum Gasteiger partial charge on any atom is -0.496 e. The van der Waals surface area contributed by atoms with Gasteiger partial charge in [-0.1, -0.05) is 27.2 Å². The van der Waals surface area contributed by atoms with E-state index in [1.165, 1.54) is 24.8 Å². The van der Waals surface area contributed by atoms with E-state index >= 15 is 0 Å². The van der Waals surface area contributed by atoms with E-state index in [1.54, 1.807) is 7.11 Å². The topological polar surface area (TPSA) is 34.2 Å². The van der Waals surface area contributed by atoms with Crippen LogP contribution in [-0.4, -0.2) is 24.7 Å². The fraction of sp³-hybridized carbons (Fsp3) is 0.722. The zero-order valence-electron chi connectivity index (χ0n) is 14.6. The van der Waals surface area contributed by atoms with Crippen LogP contribution in [0.4, 0.5) is 0 Å². The van der Waals surface area contributed by atoms with Crippen molar-refractivity contribution in [1.82, 2.24) is 10.3 Å². The Morgan fingerprint density at radius 1 is 1.29 bits per heavy atom. The number of ether oxygens (including phenoxy) is 1. The van der Waals surface area contributed by atoms with Gasteiger partial charge in [-0.2, -0.15) is 0 Å². The average molecular weight is 292 g/mol. The highest BCUT2D eigenvalue weighted by molar-refractivity contribution is 5.41. The van der Waals surface area contributed by atoms with Crippen molar-refractivity contribution in [2.75, 3.05) is 13.7 Å². The Bertz CT molecular complexity index is 431. The van der Waals surface area contributed by atoms with Crippen molar-refractivity contribution in [2.24, 2.45) is 5.92 Å². The molecule has 0 saturated carbocycles. The van der Waals surface area contributed by atoms with Crippen molar-refractivity contribution in [2.45, 2.75) is 66.3 Å². The number of aromatic nitrogens is 1. The van der Waals surface area contributed by atoms with E-state index in [1.807, 2.05) is 6.20 Å². The summed E-state index contributed by atoms with van der Waals surface area (Å²) in [5.74, 6) is 1.73.